The van der Waals surface area contributed by atoms with Crippen LogP contribution in [0.5, 0.6) is 5.75 Å². The van der Waals surface area contributed by atoms with E-state index in [9.17, 15) is 22.4 Å². The lowest BCUT2D eigenvalue weighted by Crippen LogP contribution is -2.36. The fourth-order valence-corrected chi connectivity index (χ4v) is 5.83. The number of aliphatic imine (C=N–C) groups is 1. The van der Waals surface area contributed by atoms with Crippen molar-refractivity contribution in [2.24, 2.45) is 4.99 Å². The molecule has 0 bridgehead atoms. The molecule has 0 radical (unpaired) electrons. The van der Waals surface area contributed by atoms with Gasteiger partial charge < -0.3 is 15.0 Å². The third kappa shape index (κ3) is 7.46. The fraction of sp³-hybridized carbons (Fsp3) is 0.226. The van der Waals surface area contributed by atoms with Crippen LogP contribution in [0, 0.1) is 20.8 Å². The number of urea groups is 1. The number of benzene rings is 3. The molecule has 1 fully saturated rings. The van der Waals surface area contributed by atoms with Crippen LogP contribution >= 0.6 is 11.8 Å². The molecule has 8 nitrogen and oxygen atoms in total. The number of amides is 2. The second-order valence-electron chi connectivity index (χ2n) is 10.1. The number of nitrogens with zero attached hydrogens (tertiary/aromatic N) is 5. The van der Waals surface area contributed by atoms with Crippen molar-refractivity contribution >= 4 is 34.5 Å². The molecular weight excluding hydrogens is 596 g/mol. The van der Waals surface area contributed by atoms with Gasteiger partial charge in [0.1, 0.15) is 17.9 Å². The maximum absolute atomic E-state index is 14.9. The summed E-state index contributed by atoms with van der Waals surface area (Å²) in [6.45, 7) is 6.85. The number of thioether (sulfide) groups is 1. The van der Waals surface area contributed by atoms with Gasteiger partial charge in [0.25, 0.3) is 0 Å². The molecule has 1 aliphatic rings. The molecule has 1 aliphatic heterocycles. The van der Waals surface area contributed by atoms with Crippen molar-refractivity contribution in [3.05, 3.63) is 95.4 Å². The standard InChI is InChI=1S/C31H28F4N6O2S/c1-19-15-20(2)27(21(3)16-19)40-13-4-14-44-30(40)38-29(42)36-17-26(32)22-5-7-23(8-6-22)28-37-18-41(39-28)24-9-11-25(12-10-24)43-31(33,34)35/h5-12,15-18H,4,13-14H2,1-3H3,(H,36,42)/b26-17-,38-30?. The molecule has 1 N–H and O–H groups in total. The van der Waals surface area contributed by atoms with Crippen LogP contribution in [0.15, 0.2) is 78.2 Å². The van der Waals surface area contributed by atoms with Crippen molar-refractivity contribution in [1.29, 1.82) is 0 Å². The van der Waals surface area contributed by atoms with Crippen molar-refractivity contribution in [2.45, 2.75) is 33.6 Å². The highest BCUT2D eigenvalue weighted by Crippen LogP contribution is 2.32. The Morgan fingerprint density at radius 2 is 1.73 bits per heavy atom. The molecule has 5 rings (SSSR count). The Morgan fingerprint density at radius 1 is 1.05 bits per heavy atom. The van der Waals surface area contributed by atoms with E-state index in [2.05, 4.69) is 37.3 Å². The average molecular weight is 625 g/mol. The summed E-state index contributed by atoms with van der Waals surface area (Å²) in [4.78, 5) is 23.2. The van der Waals surface area contributed by atoms with E-state index < -0.39 is 18.2 Å². The van der Waals surface area contributed by atoms with E-state index in [4.69, 9.17) is 0 Å². The Bertz CT molecular complexity index is 1690. The number of hydrogen-bond donors (Lipinski definition) is 1. The van der Waals surface area contributed by atoms with E-state index in [0.717, 1.165) is 47.3 Å². The molecule has 0 spiro atoms. The lowest BCUT2D eigenvalue weighted by atomic mass is 10.0. The Hall–Kier alpha value is -4.65. The molecule has 228 valence electrons. The first-order valence-electron chi connectivity index (χ1n) is 13.6. The van der Waals surface area contributed by atoms with Gasteiger partial charge in [0.15, 0.2) is 11.0 Å². The topological polar surface area (TPSA) is 84.6 Å². The van der Waals surface area contributed by atoms with Gasteiger partial charge in [0, 0.05) is 35.3 Å². The average Bonchev–Trinajstić information content (AvgIpc) is 3.46. The van der Waals surface area contributed by atoms with Crippen molar-refractivity contribution < 1.29 is 27.1 Å². The lowest BCUT2D eigenvalue weighted by molar-refractivity contribution is -0.274. The minimum Gasteiger partial charge on any atom is -0.406 e. The quantitative estimate of drug-likeness (QED) is 0.221. The van der Waals surface area contributed by atoms with Crippen LogP contribution in [-0.2, 0) is 0 Å². The summed E-state index contributed by atoms with van der Waals surface area (Å²) in [5.74, 6) is 0.148. The first-order valence-corrected chi connectivity index (χ1v) is 14.6. The summed E-state index contributed by atoms with van der Waals surface area (Å²) < 4.78 is 57.4. The molecule has 2 heterocycles. The van der Waals surface area contributed by atoms with E-state index in [1.807, 2.05) is 25.7 Å². The lowest BCUT2D eigenvalue weighted by Gasteiger charge is -2.32. The van der Waals surface area contributed by atoms with Crippen LogP contribution in [0.1, 0.15) is 28.7 Å². The van der Waals surface area contributed by atoms with Crippen LogP contribution < -0.4 is 15.0 Å². The van der Waals surface area contributed by atoms with Gasteiger partial charge in [-0.2, -0.15) is 4.99 Å². The summed E-state index contributed by atoms with van der Waals surface area (Å²) in [5.41, 5.74) is 5.68. The maximum Gasteiger partial charge on any atom is 0.573 e. The largest absolute Gasteiger partial charge is 0.573 e. The molecule has 44 heavy (non-hydrogen) atoms. The number of nitrogens with one attached hydrogen (secondary N) is 1. The second-order valence-corrected chi connectivity index (χ2v) is 11.1. The molecular formula is C31H28F4N6O2S. The molecule has 0 unspecified atom stereocenters. The molecule has 2 amide bonds. The predicted molar refractivity (Wildman–Crippen MR) is 164 cm³/mol. The van der Waals surface area contributed by atoms with Crippen molar-refractivity contribution in [2.75, 3.05) is 17.2 Å². The molecule has 0 aliphatic carbocycles. The Morgan fingerprint density at radius 3 is 2.39 bits per heavy atom. The number of aromatic nitrogens is 3. The minimum absolute atomic E-state index is 0.223. The van der Waals surface area contributed by atoms with Gasteiger partial charge in [-0.05, 0) is 62.6 Å². The highest BCUT2D eigenvalue weighted by molar-refractivity contribution is 8.14. The number of ether oxygens (including phenoxy) is 1. The summed E-state index contributed by atoms with van der Waals surface area (Å²) in [6.07, 6.45) is -1.44. The summed E-state index contributed by atoms with van der Waals surface area (Å²) in [6, 6.07) is 15.0. The first kappa shape index (κ1) is 30.8. The van der Waals surface area contributed by atoms with Gasteiger partial charge in [-0.1, -0.05) is 53.7 Å². The van der Waals surface area contributed by atoms with Gasteiger partial charge >= 0.3 is 12.4 Å². The molecule has 3 aromatic carbocycles. The molecule has 13 heteroatoms. The monoisotopic (exact) mass is 624 g/mol. The summed E-state index contributed by atoms with van der Waals surface area (Å²) >= 11 is 1.49. The van der Waals surface area contributed by atoms with Crippen molar-refractivity contribution in [3.8, 4) is 22.8 Å². The van der Waals surface area contributed by atoms with Crippen molar-refractivity contribution in [1.82, 2.24) is 20.1 Å². The number of halogens is 4. The number of carbonyl (C=O) groups excluding carboxylic acids is 1. The maximum atomic E-state index is 14.9. The zero-order chi connectivity index (χ0) is 31.4. The van der Waals surface area contributed by atoms with Crippen LogP contribution in [0.4, 0.5) is 28.0 Å². The minimum atomic E-state index is -4.78. The Kier molecular flexibility index (Phi) is 9.04. The smallest absolute Gasteiger partial charge is 0.406 e. The number of amidine groups is 1. The number of aryl methyl sites for hydroxylation is 3. The number of carbonyl (C=O) groups is 1. The SMILES string of the molecule is Cc1cc(C)c(N2CCCSC2=NC(=O)N/C=C(\F)c2ccc(-c3ncn(-c4ccc(OC(F)(F)F)cc4)n3)cc2)c(C)c1. The molecule has 0 saturated carbocycles. The molecule has 1 saturated heterocycles. The fourth-order valence-electron chi connectivity index (χ4n) is 4.88. The highest BCUT2D eigenvalue weighted by atomic mass is 32.2. The van der Waals surface area contributed by atoms with E-state index in [1.165, 1.54) is 59.2 Å². The van der Waals surface area contributed by atoms with Gasteiger partial charge in [-0.15, -0.1) is 18.3 Å². The van der Waals surface area contributed by atoms with Crippen LogP contribution in [0.3, 0.4) is 0 Å². The van der Waals surface area contributed by atoms with Crippen LogP contribution in [0.25, 0.3) is 22.9 Å². The normalized spacial score (nSPS) is 15.0. The Labute approximate surface area is 255 Å². The number of hydrogen-bond acceptors (Lipinski definition) is 5. The van der Waals surface area contributed by atoms with Gasteiger partial charge in [-0.3, -0.25) is 0 Å². The molecule has 0 atom stereocenters. The summed E-state index contributed by atoms with van der Waals surface area (Å²) in [5, 5.41) is 7.33. The second kappa shape index (κ2) is 12.9. The van der Waals surface area contributed by atoms with E-state index in [0.29, 0.717) is 22.2 Å². The zero-order valence-corrected chi connectivity index (χ0v) is 24.8. The summed E-state index contributed by atoms with van der Waals surface area (Å²) in [7, 11) is 0. The van der Waals surface area contributed by atoms with Crippen LogP contribution in [-0.4, -0.2) is 44.6 Å². The third-order valence-corrected chi connectivity index (χ3v) is 7.72. The number of alkyl halides is 3. The highest BCUT2D eigenvalue weighted by Gasteiger charge is 2.31. The predicted octanol–water partition coefficient (Wildman–Crippen LogP) is 7.74. The van der Waals surface area contributed by atoms with Crippen molar-refractivity contribution in [3.63, 3.8) is 0 Å². The molecule has 1 aromatic heterocycles. The zero-order valence-electron chi connectivity index (χ0n) is 24.0. The van der Waals surface area contributed by atoms with Crippen LogP contribution in [0.2, 0.25) is 0 Å². The van der Waals surface area contributed by atoms with E-state index in [1.54, 1.807) is 12.1 Å². The van der Waals surface area contributed by atoms with Gasteiger partial charge in [0.05, 0.1) is 5.69 Å². The number of rotatable bonds is 6. The van der Waals surface area contributed by atoms with E-state index in [-0.39, 0.29) is 11.3 Å². The van der Waals surface area contributed by atoms with E-state index >= 15 is 0 Å². The molecule has 4 aromatic rings. The Balaban J connectivity index is 1.24. The third-order valence-electron chi connectivity index (χ3n) is 6.66. The number of anilines is 1. The first-order chi connectivity index (χ1) is 21.0. The van der Waals surface area contributed by atoms with Gasteiger partial charge in [-0.25, -0.2) is 18.9 Å². The van der Waals surface area contributed by atoms with Gasteiger partial charge in [0.2, 0.25) is 0 Å².